The zero-order chi connectivity index (χ0) is 22.5. The summed E-state index contributed by atoms with van der Waals surface area (Å²) in [5, 5.41) is 9.28. The van der Waals surface area contributed by atoms with Crippen molar-refractivity contribution in [2.45, 2.75) is 33.4 Å². The molecule has 0 atom stereocenters. The molecule has 0 aliphatic rings. The van der Waals surface area contributed by atoms with Crippen LogP contribution < -0.4 is 20.7 Å². The number of carbonyl (C=O) groups is 1. The first-order valence-electron chi connectivity index (χ1n) is 10.6. The van der Waals surface area contributed by atoms with E-state index in [0.29, 0.717) is 37.8 Å². The second-order valence-electron chi connectivity index (χ2n) is 7.13. The molecular formula is C24H34N4O3. The van der Waals surface area contributed by atoms with E-state index in [4.69, 9.17) is 9.47 Å². The van der Waals surface area contributed by atoms with Gasteiger partial charge in [-0.25, -0.2) is 4.99 Å². The van der Waals surface area contributed by atoms with Crippen LogP contribution in [-0.4, -0.2) is 45.8 Å². The van der Waals surface area contributed by atoms with E-state index >= 15 is 0 Å². The normalized spacial score (nSPS) is 11.2. The quantitative estimate of drug-likeness (QED) is 0.292. The Hall–Kier alpha value is -3.06. The van der Waals surface area contributed by atoms with Gasteiger partial charge in [0.05, 0.1) is 13.2 Å². The fourth-order valence-electron chi connectivity index (χ4n) is 2.97. The highest BCUT2D eigenvalue weighted by atomic mass is 16.5. The predicted octanol–water partition coefficient (Wildman–Crippen LogP) is 3.03. The van der Waals surface area contributed by atoms with Crippen LogP contribution in [0.25, 0.3) is 0 Å². The first-order valence-corrected chi connectivity index (χ1v) is 10.6. The minimum Gasteiger partial charge on any atom is -0.493 e. The molecule has 168 valence electrons. The molecule has 2 aromatic carbocycles. The van der Waals surface area contributed by atoms with E-state index in [-0.39, 0.29) is 5.91 Å². The number of nitrogens with one attached hydrogen (secondary N) is 3. The van der Waals surface area contributed by atoms with Crippen LogP contribution in [0.2, 0.25) is 0 Å². The van der Waals surface area contributed by atoms with E-state index in [1.54, 1.807) is 20.2 Å². The van der Waals surface area contributed by atoms with Gasteiger partial charge in [-0.3, -0.25) is 4.79 Å². The number of rotatable bonds is 11. The summed E-state index contributed by atoms with van der Waals surface area (Å²) >= 11 is 0. The molecule has 0 fully saturated rings. The first-order chi connectivity index (χ1) is 15.1. The maximum absolute atomic E-state index is 11.8. The van der Waals surface area contributed by atoms with Crippen LogP contribution in [0.3, 0.4) is 0 Å². The summed E-state index contributed by atoms with van der Waals surface area (Å²) in [5.41, 5.74) is 3.82. The monoisotopic (exact) mass is 426 g/mol. The van der Waals surface area contributed by atoms with Gasteiger partial charge in [-0.05, 0) is 43.2 Å². The number of carbonyl (C=O) groups excluding carboxylic acids is 1. The van der Waals surface area contributed by atoms with Crippen molar-refractivity contribution in [1.29, 1.82) is 0 Å². The van der Waals surface area contributed by atoms with Gasteiger partial charge in [0.15, 0.2) is 5.96 Å². The Bertz CT molecular complexity index is 868. The van der Waals surface area contributed by atoms with Crippen molar-refractivity contribution in [3.8, 4) is 5.75 Å². The number of nitrogens with zero attached hydrogens (tertiary/aromatic N) is 1. The van der Waals surface area contributed by atoms with Gasteiger partial charge in [0, 0.05) is 51.4 Å². The van der Waals surface area contributed by atoms with Gasteiger partial charge in [0.1, 0.15) is 5.75 Å². The Morgan fingerprint density at radius 3 is 2.68 bits per heavy atom. The van der Waals surface area contributed by atoms with Crippen molar-refractivity contribution in [1.82, 2.24) is 16.0 Å². The molecule has 2 rings (SSSR count). The van der Waals surface area contributed by atoms with Crippen LogP contribution in [0, 0.1) is 6.92 Å². The predicted molar refractivity (Wildman–Crippen MR) is 125 cm³/mol. The molecule has 0 unspecified atom stereocenters. The van der Waals surface area contributed by atoms with Gasteiger partial charge in [-0.15, -0.1) is 0 Å². The summed E-state index contributed by atoms with van der Waals surface area (Å²) in [6.45, 7) is 7.17. The molecule has 0 saturated heterocycles. The summed E-state index contributed by atoms with van der Waals surface area (Å²) in [6, 6.07) is 13.7. The molecule has 0 spiro atoms. The van der Waals surface area contributed by atoms with Gasteiger partial charge < -0.3 is 25.4 Å². The van der Waals surface area contributed by atoms with Crippen LogP contribution in [0.5, 0.6) is 5.75 Å². The summed E-state index contributed by atoms with van der Waals surface area (Å²) in [6.07, 6.45) is 0.844. The minimum atomic E-state index is -0.103. The molecule has 3 N–H and O–H groups in total. The van der Waals surface area contributed by atoms with E-state index in [0.717, 1.165) is 35.4 Å². The Balaban J connectivity index is 2.04. The van der Waals surface area contributed by atoms with Gasteiger partial charge >= 0.3 is 0 Å². The Kier molecular flexibility index (Phi) is 10.4. The molecule has 7 heteroatoms. The molecule has 0 aliphatic carbocycles. The van der Waals surface area contributed by atoms with E-state index < -0.39 is 0 Å². The van der Waals surface area contributed by atoms with Crippen molar-refractivity contribution < 1.29 is 14.3 Å². The highest BCUT2D eigenvalue weighted by molar-refractivity contribution is 5.94. The fraction of sp³-hybridized carbons (Fsp3) is 0.417. The SMILES string of the molecule is CCNC(=NCc1cccc(C(=O)NC)c1)NCc1ccc(C)cc1OCCCOC. The van der Waals surface area contributed by atoms with Gasteiger partial charge in [0.25, 0.3) is 5.91 Å². The van der Waals surface area contributed by atoms with Crippen molar-refractivity contribution in [2.75, 3.05) is 33.9 Å². The van der Waals surface area contributed by atoms with Gasteiger partial charge in [0.2, 0.25) is 0 Å². The van der Waals surface area contributed by atoms with Crippen molar-refractivity contribution in [3.63, 3.8) is 0 Å². The summed E-state index contributed by atoms with van der Waals surface area (Å²) in [7, 11) is 3.32. The van der Waals surface area contributed by atoms with Crippen LogP contribution in [-0.2, 0) is 17.8 Å². The lowest BCUT2D eigenvalue weighted by molar-refractivity contribution is 0.0963. The van der Waals surface area contributed by atoms with E-state index in [1.165, 1.54) is 0 Å². The lowest BCUT2D eigenvalue weighted by Gasteiger charge is -2.15. The number of guanidine groups is 1. The van der Waals surface area contributed by atoms with Crippen LogP contribution in [0.4, 0.5) is 0 Å². The number of ether oxygens (including phenoxy) is 2. The van der Waals surface area contributed by atoms with Gasteiger partial charge in [-0.1, -0.05) is 24.3 Å². The largest absolute Gasteiger partial charge is 0.493 e. The fourth-order valence-corrected chi connectivity index (χ4v) is 2.97. The van der Waals surface area contributed by atoms with Crippen molar-refractivity contribution >= 4 is 11.9 Å². The maximum Gasteiger partial charge on any atom is 0.251 e. The molecule has 0 saturated carbocycles. The highest BCUT2D eigenvalue weighted by Gasteiger charge is 2.07. The number of aryl methyl sites for hydroxylation is 1. The average molecular weight is 427 g/mol. The molecule has 1 amide bonds. The van der Waals surface area contributed by atoms with E-state index in [1.807, 2.05) is 25.1 Å². The lowest BCUT2D eigenvalue weighted by Crippen LogP contribution is -2.36. The topological polar surface area (TPSA) is 84.0 Å². The zero-order valence-electron chi connectivity index (χ0n) is 19.0. The van der Waals surface area contributed by atoms with Crippen molar-refractivity contribution in [3.05, 3.63) is 64.7 Å². The van der Waals surface area contributed by atoms with E-state index in [2.05, 4.69) is 46.1 Å². The lowest BCUT2D eigenvalue weighted by atomic mass is 10.1. The number of amides is 1. The third-order valence-electron chi connectivity index (χ3n) is 4.60. The number of methoxy groups -OCH3 is 1. The van der Waals surface area contributed by atoms with Crippen LogP contribution in [0.1, 0.15) is 40.4 Å². The molecule has 0 bridgehead atoms. The van der Waals surface area contributed by atoms with Crippen LogP contribution >= 0.6 is 0 Å². The zero-order valence-corrected chi connectivity index (χ0v) is 19.0. The molecule has 0 aliphatic heterocycles. The number of hydrogen-bond donors (Lipinski definition) is 3. The molecular weight excluding hydrogens is 392 g/mol. The highest BCUT2D eigenvalue weighted by Crippen LogP contribution is 2.20. The third-order valence-corrected chi connectivity index (χ3v) is 4.60. The number of hydrogen-bond acceptors (Lipinski definition) is 4. The molecule has 0 radical (unpaired) electrons. The Labute approximate surface area is 185 Å². The Morgan fingerprint density at radius 2 is 1.94 bits per heavy atom. The number of aliphatic imine (C=N–C) groups is 1. The minimum absolute atomic E-state index is 0.103. The van der Waals surface area contributed by atoms with Crippen LogP contribution in [0.15, 0.2) is 47.5 Å². The third kappa shape index (κ3) is 8.30. The average Bonchev–Trinajstić information content (AvgIpc) is 2.79. The Morgan fingerprint density at radius 1 is 1.10 bits per heavy atom. The molecule has 31 heavy (non-hydrogen) atoms. The number of benzene rings is 2. The molecule has 7 nitrogen and oxygen atoms in total. The molecule has 2 aromatic rings. The van der Waals surface area contributed by atoms with E-state index in [9.17, 15) is 4.79 Å². The first kappa shape index (κ1) is 24.2. The summed E-state index contributed by atoms with van der Waals surface area (Å²) in [5.74, 6) is 1.48. The molecule has 0 aromatic heterocycles. The maximum atomic E-state index is 11.8. The smallest absolute Gasteiger partial charge is 0.251 e. The summed E-state index contributed by atoms with van der Waals surface area (Å²) < 4.78 is 11.1. The standard InChI is InChI=1S/C24H34N4O3/c1-5-26-24(27-16-19-8-6-9-20(15-19)23(29)25-3)28-17-21-11-10-18(2)14-22(21)31-13-7-12-30-4/h6,8-11,14-15H,5,7,12-13,16-17H2,1-4H3,(H,25,29)(H2,26,27,28). The second-order valence-corrected chi connectivity index (χ2v) is 7.13. The summed E-state index contributed by atoms with van der Waals surface area (Å²) in [4.78, 5) is 16.5. The van der Waals surface area contributed by atoms with Gasteiger partial charge in [-0.2, -0.15) is 0 Å². The second kappa shape index (κ2) is 13.3. The van der Waals surface area contributed by atoms with Crippen molar-refractivity contribution in [2.24, 2.45) is 4.99 Å². The molecule has 0 heterocycles.